The summed E-state index contributed by atoms with van der Waals surface area (Å²) in [4.78, 5) is 0. The van der Waals surface area contributed by atoms with E-state index in [0.717, 1.165) is 0 Å². The van der Waals surface area contributed by atoms with Gasteiger partial charge in [0.15, 0.2) is 5.69 Å². The number of nitriles is 1. The van der Waals surface area contributed by atoms with Crippen molar-refractivity contribution in [1.29, 1.82) is 5.26 Å². The van der Waals surface area contributed by atoms with Gasteiger partial charge in [0.2, 0.25) is 0 Å². The zero-order chi connectivity index (χ0) is 15.5. The SMILES string of the molecule is COc1ccc(-c2c(C#N)nnn2-c2ccccc2F)cc1. The molecule has 1 heterocycles. The first-order valence-corrected chi connectivity index (χ1v) is 6.49. The van der Waals surface area contributed by atoms with Crippen LogP contribution in [-0.2, 0) is 0 Å². The molecule has 108 valence electrons. The van der Waals surface area contributed by atoms with Gasteiger partial charge in [0.1, 0.15) is 29.0 Å². The molecule has 0 unspecified atom stereocenters. The van der Waals surface area contributed by atoms with Gasteiger partial charge in [0, 0.05) is 5.56 Å². The number of rotatable bonds is 3. The summed E-state index contributed by atoms with van der Waals surface area (Å²) in [6.45, 7) is 0. The highest BCUT2D eigenvalue weighted by Gasteiger charge is 2.18. The summed E-state index contributed by atoms with van der Waals surface area (Å²) < 4.78 is 20.5. The Hall–Kier alpha value is -3.20. The van der Waals surface area contributed by atoms with Crippen LogP contribution < -0.4 is 4.74 Å². The summed E-state index contributed by atoms with van der Waals surface area (Å²) in [7, 11) is 1.57. The van der Waals surface area contributed by atoms with Crippen LogP contribution in [0.2, 0.25) is 0 Å². The Morgan fingerprint density at radius 3 is 2.50 bits per heavy atom. The first kappa shape index (κ1) is 13.8. The number of hydrogen-bond acceptors (Lipinski definition) is 4. The van der Waals surface area contributed by atoms with Gasteiger partial charge in [-0.15, -0.1) is 5.10 Å². The van der Waals surface area contributed by atoms with Gasteiger partial charge in [-0.3, -0.25) is 0 Å². The van der Waals surface area contributed by atoms with Crippen LogP contribution in [-0.4, -0.2) is 22.1 Å². The standard InChI is InChI=1S/C16H11FN4O/c1-22-12-8-6-11(7-9-12)16-14(10-18)19-20-21(16)15-5-3-2-4-13(15)17/h2-9H,1H3. The second-order valence-electron chi connectivity index (χ2n) is 4.49. The quantitative estimate of drug-likeness (QED) is 0.745. The largest absolute Gasteiger partial charge is 0.497 e. The maximum absolute atomic E-state index is 14.0. The predicted molar refractivity (Wildman–Crippen MR) is 78.0 cm³/mol. The van der Waals surface area contributed by atoms with E-state index in [1.165, 1.54) is 10.7 Å². The fourth-order valence-corrected chi connectivity index (χ4v) is 2.16. The van der Waals surface area contributed by atoms with Gasteiger partial charge < -0.3 is 4.74 Å². The first-order valence-electron chi connectivity index (χ1n) is 6.49. The molecule has 3 rings (SSSR count). The van der Waals surface area contributed by atoms with Crippen molar-refractivity contribution >= 4 is 0 Å². The summed E-state index contributed by atoms with van der Waals surface area (Å²) in [6.07, 6.45) is 0. The van der Waals surface area contributed by atoms with Gasteiger partial charge in [-0.1, -0.05) is 17.3 Å². The second kappa shape index (κ2) is 5.66. The Kier molecular flexibility index (Phi) is 3.54. The van der Waals surface area contributed by atoms with Gasteiger partial charge >= 0.3 is 0 Å². The molecule has 0 bridgehead atoms. The smallest absolute Gasteiger partial charge is 0.191 e. The highest BCUT2D eigenvalue weighted by Crippen LogP contribution is 2.27. The molecule has 22 heavy (non-hydrogen) atoms. The van der Waals surface area contributed by atoms with Crippen LogP contribution in [0.25, 0.3) is 16.9 Å². The van der Waals surface area contributed by atoms with E-state index < -0.39 is 5.82 Å². The van der Waals surface area contributed by atoms with Gasteiger partial charge in [-0.05, 0) is 36.4 Å². The summed E-state index contributed by atoms with van der Waals surface area (Å²) in [6, 6.07) is 15.3. The highest BCUT2D eigenvalue weighted by molar-refractivity contribution is 5.67. The van der Waals surface area contributed by atoms with Crippen LogP contribution >= 0.6 is 0 Å². The third-order valence-corrected chi connectivity index (χ3v) is 3.22. The van der Waals surface area contributed by atoms with Gasteiger partial charge in [-0.2, -0.15) is 5.26 Å². The molecule has 0 radical (unpaired) electrons. The van der Waals surface area contributed by atoms with Crippen LogP contribution in [0.3, 0.4) is 0 Å². The van der Waals surface area contributed by atoms with Crippen molar-refractivity contribution in [2.24, 2.45) is 0 Å². The fraction of sp³-hybridized carbons (Fsp3) is 0.0625. The Labute approximate surface area is 126 Å². The van der Waals surface area contributed by atoms with E-state index in [4.69, 9.17) is 4.74 Å². The monoisotopic (exact) mass is 294 g/mol. The Morgan fingerprint density at radius 1 is 1.14 bits per heavy atom. The topological polar surface area (TPSA) is 63.7 Å². The van der Waals surface area contributed by atoms with E-state index in [2.05, 4.69) is 10.3 Å². The van der Waals surface area contributed by atoms with E-state index in [9.17, 15) is 9.65 Å². The number of methoxy groups -OCH3 is 1. The van der Waals surface area contributed by atoms with Crippen LogP contribution in [0, 0.1) is 17.1 Å². The Morgan fingerprint density at radius 2 is 1.86 bits per heavy atom. The third kappa shape index (κ3) is 2.29. The molecule has 0 saturated heterocycles. The highest BCUT2D eigenvalue weighted by atomic mass is 19.1. The molecular weight excluding hydrogens is 283 g/mol. The molecule has 0 aliphatic heterocycles. The average molecular weight is 294 g/mol. The number of ether oxygens (including phenoxy) is 1. The lowest BCUT2D eigenvalue weighted by atomic mass is 10.1. The number of halogens is 1. The number of hydrogen-bond donors (Lipinski definition) is 0. The van der Waals surface area contributed by atoms with Crippen molar-refractivity contribution < 1.29 is 9.13 Å². The lowest BCUT2D eigenvalue weighted by molar-refractivity contribution is 0.415. The maximum Gasteiger partial charge on any atom is 0.191 e. The minimum absolute atomic E-state index is 0.133. The summed E-state index contributed by atoms with van der Waals surface area (Å²) in [5.74, 6) is 0.249. The zero-order valence-corrected chi connectivity index (χ0v) is 11.7. The molecule has 1 aromatic heterocycles. The van der Waals surface area contributed by atoms with Crippen molar-refractivity contribution in [3.8, 4) is 28.8 Å². The summed E-state index contributed by atoms with van der Waals surface area (Å²) in [5, 5.41) is 17.0. The van der Waals surface area contributed by atoms with Crippen LogP contribution in [0.5, 0.6) is 5.75 Å². The van der Waals surface area contributed by atoms with Gasteiger partial charge in [-0.25, -0.2) is 9.07 Å². The molecule has 6 heteroatoms. The van der Waals surface area contributed by atoms with Gasteiger partial charge in [0.25, 0.3) is 0 Å². The molecule has 0 atom stereocenters. The zero-order valence-electron chi connectivity index (χ0n) is 11.7. The molecule has 0 amide bonds. The molecule has 2 aromatic carbocycles. The van der Waals surface area contributed by atoms with Crippen LogP contribution in [0.1, 0.15) is 5.69 Å². The molecule has 0 aliphatic carbocycles. The molecule has 5 nitrogen and oxygen atoms in total. The fourth-order valence-electron chi connectivity index (χ4n) is 2.16. The van der Waals surface area contributed by atoms with E-state index >= 15 is 0 Å². The van der Waals surface area contributed by atoms with E-state index in [0.29, 0.717) is 17.0 Å². The molecule has 3 aromatic rings. The van der Waals surface area contributed by atoms with E-state index in [1.807, 2.05) is 6.07 Å². The lowest BCUT2D eigenvalue weighted by Gasteiger charge is -2.08. The van der Waals surface area contributed by atoms with Crippen molar-refractivity contribution in [3.63, 3.8) is 0 Å². The molecule has 0 spiro atoms. The van der Waals surface area contributed by atoms with Crippen molar-refractivity contribution in [3.05, 3.63) is 60.0 Å². The molecular formula is C16H11FN4O. The van der Waals surface area contributed by atoms with Crippen molar-refractivity contribution in [2.75, 3.05) is 7.11 Å². The van der Waals surface area contributed by atoms with Crippen LogP contribution in [0.15, 0.2) is 48.5 Å². The summed E-state index contributed by atoms with van der Waals surface area (Å²) >= 11 is 0. The lowest BCUT2D eigenvalue weighted by Crippen LogP contribution is -2.02. The second-order valence-corrected chi connectivity index (χ2v) is 4.49. The minimum atomic E-state index is -0.438. The van der Waals surface area contributed by atoms with E-state index in [-0.39, 0.29) is 11.4 Å². The van der Waals surface area contributed by atoms with E-state index in [1.54, 1.807) is 49.6 Å². The molecule has 0 fully saturated rings. The minimum Gasteiger partial charge on any atom is -0.497 e. The molecule has 0 N–H and O–H groups in total. The summed E-state index contributed by atoms with van der Waals surface area (Å²) in [5.41, 5.74) is 1.51. The Bertz CT molecular complexity index is 849. The predicted octanol–water partition coefficient (Wildman–Crippen LogP) is 2.95. The third-order valence-electron chi connectivity index (χ3n) is 3.22. The normalized spacial score (nSPS) is 10.2. The molecule has 0 saturated carbocycles. The van der Waals surface area contributed by atoms with Crippen molar-refractivity contribution in [2.45, 2.75) is 0 Å². The Balaban J connectivity index is 2.20. The van der Waals surface area contributed by atoms with Crippen LogP contribution in [0.4, 0.5) is 4.39 Å². The maximum atomic E-state index is 14.0. The number of benzene rings is 2. The first-order chi connectivity index (χ1) is 10.7. The number of nitrogens with zero attached hydrogens (tertiary/aromatic N) is 4. The molecule has 0 aliphatic rings. The number of para-hydroxylation sites is 1. The van der Waals surface area contributed by atoms with Crippen molar-refractivity contribution in [1.82, 2.24) is 15.0 Å². The van der Waals surface area contributed by atoms with Gasteiger partial charge in [0.05, 0.1) is 7.11 Å². The average Bonchev–Trinajstić information content (AvgIpc) is 2.99. The number of aromatic nitrogens is 3.